The Hall–Kier alpha value is 0.137. The molecular weight excluding hydrogens is 132 g/mol. The Balaban J connectivity index is 2.95. The van der Waals surface area contributed by atoms with Gasteiger partial charge in [0.1, 0.15) is 0 Å². The summed E-state index contributed by atoms with van der Waals surface area (Å²) in [5.74, 6) is 0. The molecule has 0 saturated heterocycles. The summed E-state index contributed by atoms with van der Waals surface area (Å²) >= 11 is 0. The van der Waals surface area contributed by atoms with Crippen molar-refractivity contribution in [2.75, 3.05) is 19.8 Å². The summed E-state index contributed by atoms with van der Waals surface area (Å²) < 4.78 is 10.4. The molecular formula is C6H16O2Si. The van der Waals surface area contributed by atoms with Crippen LogP contribution in [0.1, 0.15) is 13.8 Å². The van der Waals surface area contributed by atoms with Crippen molar-refractivity contribution < 1.29 is 9.47 Å². The molecule has 2 nitrogen and oxygen atoms in total. The summed E-state index contributed by atoms with van der Waals surface area (Å²) in [4.78, 5) is 0. The molecule has 0 aromatic heterocycles. The predicted molar refractivity (Wildman–Crippen MR) is 41.8 cm³/mol. The minimum atomic E-state index is 0.384. The number of hydrogen-bond donors (Lipinski definition) is 0. The highest BCUT2D eigenvalue weighted by Gasteiger charge is 1.97. The molecule has 0 saturated carbocycles. The van der Waals surface area contributed by atoms with E-state index in [9.17, 15) is 0 Å². The van der Waals surface area contributed by atoms with Gasteiger partial charge in [-0.1, -0.05) is 0 Å². The van der Waals surface area contributed by atoms with E-state index in [1.807, 2.05) is 13.8 Å². The van der Waals surface area contributed by atoms with Gasteiger partial charge in [0.2, 0.25) is 0 Å². The van der Waals surface area contributed by atoms with Gasteiger partial charge in [-0.25, -0.2) is 0 Å². The van der Waals surface area contributed by atoms with Crippen molar-refractivity contribution in [2.45, 2.75) is 19.6 Å². The first-order valence-corrected chi connectivity index (χ1v) is 4.66. The lowest BCUT2D eigenvalue weighted by atomic mass is 10.7. The molecule has 3 heteroatoms. The molecule has 9 heavy (non-hydrogen) atoms. The zero-order valence-electron chi connectivity index (χ0n) is 6.52. The first-order valence-electron chi connectivity index (χ1n) is 3.50. The second-order valence-electron chi connectivity index (χ2n) is 1.93. The van der Waals surface area contributed by atoms with E-state index in [0.29, 0.717) is 5.73 Å². The van der Waals surface area contributed by atoms with E-state index in [4.69, 9.17) is 9.47 Å². The Bertz CT molecular complexity index is 59.0. The zero-order chi connectivity index (χ0) is 7.11. The minimum Gasteiger partial charge on any atom is -0.381 e. The van der Waals surface area contributed by atoms with Gasteiger partial charge in [-0.2, -0.15) is 0 Å². The van der Waals surface area contributed by atoms with Gasteiger partial charge in [0.25, 0.3) is 0 Å². The lowest BCUT2D eigenvalue weighted by molar-refractivity contribution is 0.0347. The summed E-state index contributed by atoms with van der Waals surface area (Å²) in [6.45, 7) is 6.39. The summed E-state index contributed by atoms with van der Waals surface area (Å²) in [5.41, 5.74) is 0.384. The van der Waals surface area contributed by atoms with E-state index in [0.717, 1.165) is 30.1 Å². The highest BCUT2D eigenvalue weighted by Crippen LogP contribution is 1.86. The van der Waals surface area contributed by atoms with E-state index in [-0.39, 0.29) is 0 Å². The second kappa shape index (κ2) is 6.26. The predicted octanol–water partition coefficient (Wildman–Crippen LogP) is -0.249. The summed E-state index contributed by atoms with van der Waals surface area (Å²) in [7, 11) is 1.07. The van der Waals surface area contributed by atoms with Crippen LogP contribution in [0.25, 0.3) is 0 Å². The highest BCUT2D eigenvalue weighted by molar-refractivity contribution is 6.11. The molecule has 56 valence electrons. The molecule has 0 aliphatic carbocycles. The third-order valence-electron chi connectivity index (χ3n) is 1.01. The first-order chi connectivity index (χ1) is 4.31. The van der Waals surface area contributed by atoms with Gasteiger partial charge in [-0.3, -0.25) is 0 Å². The lowest BCUT2D eigenvalue weighted by Crippen LogP contribution is -2.19. The fourth-order valence-electron chi connectivity index (χ4n) is 0.616. The van der Waals surface area contributed by atoms with Crippen LogP contribution >= 0.6 is 0 Å². The van der Waals surface area contributed by atoms with Crippen LogP contribution in [-0.4, -0.2) is 35.8 Å². The van der Waals surface area contributed by atoms with Crippen molar-refractivity contribution in [3.63, 3.8) is 0 Å². The van der Waals surface area contributed by atoms with Crippen LogP contribution in [0.3, 0.4) is 0 Å². The standard InChI is InChI=1S/C6H16O2Si/c1-3-7-5-6(9)8-4-2/h6H,3-5H2,1-2,9H3. The van der Waals surface area contributed by atoms with E-state index >= 15 is 0 Å². The maximum Gasteiger partial charge on any atom is 0.0688 e. The van der Waals surface area contributed by atoms with E-state index in [1.165, 1.54) is 0 Å². The molecule has 0 aromatic rings. The maximum atomic E-state index is 5.28. The van der Waals surface area contributed by atoms with E-state index in [2.05, 4.69) is 0 Å². The molecule has 1 atom stereocenters. The third-order valence-corrected chi connectivity index (χ3v) is 1.67. The molecule has 0 bridgehead atoms. The zero-order valence-corrected chi connectivity index (χ0v) is 8.52. The fourth-order valence-corrected chi connectivity index (χ4v) is 1.19. The highest BCUT2D eigenvalue weighted by atomic mass is 28.1. The molecule has 0 spiro atoms. The molecule has 0 rings (SSSR count). The Kier molecular flexibility index (Phi) is 6.35. The Morgan fingerprint density at radius 2 is 2.00 bits per heavy atom. The largest absolute Gasteiger partial charge is 0.381 e. The van der Waals surface area contributed by atoms with Crippen molar-refractivity contribution in [2.24, 2.45) is 0 Å². The molecule has 0 radical (unpaired) electrons. The molecule has 0 heterocycles. The van der Waals surface area contributed by atoms with Crippen LogP contribution in [-0.2, 0) is 9.47 Å². The summed E-state index contributed by atoms with van der Waals surface area (Å²) in [6.07, 6.45) is 0. The number of hydrogen-bond acceptors (Lipinski definition) is 2. The van der Waals surface area contributed by atoms with Gasteiger partial charge < -0.3 is 9.47 Å². The smallest absolute Gasteiger partial charge is 0.0688 e. The van der Waals surface area contributed by atoms with Gasteiger partial charge >= 0.3 is 0 Å². The van der Waals surface area contributed by atoms with Gasteiger partial charge in [0.05, 0.1) is 12.3 Å². The van der Waals surface area contributed by atoms with Gasteiger partial charge in [0.15, 0.2) is 0 Å². The van der Waals surface area contributed by atoms with Gasteiger partial charge in [-0.15, -0.1) is 0 Å². The topological polar surface area (TPSA) is 18.5 Å². The van der Waals surface area contributed by atoms with Gasteiger partial charge in [-0.05, 0) is 13.8 Å². The molecule has 0 fully saturated rings. The maximum absolute atomic E-state index is 5.28. The van der Waals surface area contributed by atoms with Crippen molar-refractivity contribution in [3.8, 4) is 0 Å². The van der Waals surface area contributed by atoms with Crippen LogP contribution in [0.2, 0.25) is 0 Å². The van der Waals surface area contributed by atoms with Crippen molar-refractivity contribution in [3.05, 3.63) is 0 Å². The van der Waals surface area contributed by atoms with Gasteiger partial charge in [0, 0.05) is 23.5 Å². The summed E-state index contributed by atoms with van der Waals surface area (Å²) in [6, 6.07) is 0. The van der Waals surface area contributed by atoms with Crippen molar-refractivity contribution >= 4 is 10.2 Å². The molecule has 0 N–H and O–H groups in total. The van der Waals surface area contributed by atoms with E-state index in [1.54, 1.807) is 0 Å². The average molecular weight is 148 g/mol. The Labute approximate surface area is 60.0 Å². The molecule has 1 unspecified atom stereocenters. The van der Waals surface area contributed by atoms with Crippen molar-refractivity contribution in [1.29, 1.82) is 0 Å². The molecule has 0 amide bonds. The monoisotopic (exact) mass is 148 g/mol. The fraction of sp³-hybridized carbons (Fsp3) is 1.00. The Morgan fingerprint density at radius 3 is 2.44 bits per heavy atom. The SMILES string of the molecule is CCOCC([SiH3])OCC. The second-order valence-corrected chi connectivity index (χ2v) is 3.21. The molecule has 0 aliphatic heterocycles. The van der Waals surface area contributed by atoms with Crippen LogP contribution in [0, 0.1) is 0 Å². The van der Waals surface area contributed by atoms with Crippen molar-refractivity contribution in [1.82, 2.24) is 0 Å². The van der Waals surface area contributed by atoms with E-state index < -0.39 is 0 Å². The molecule has 0 aromatic carbocycles. The third kappa shape index (κ3) is 6.02. The summed E-state index contributed by atoms with van der Waals surface area (Å²) in [5, 5.41) is 0. The van der Waals surface area contributed by atoms with Crippen LogP contribution in [0.5, 0.6) is 0 Å². The average Bonchev–Trinajstić information content (AvgIpc) is 1.85. The quantitative estimate of drug-likeness (QED) is 0.501. The minimum absolute atomic E-state index is 0.384. The normalized spacial score (nSPS) is 14.0. The lowest BCUT2D eigenvalue weighted by Gasteiger charge is -2.10. The number of ether oxygens (including phenoxy) is 2. The number of rotatable bonds is 5. The first kappa shape index (κ1) is 9.14. The Morgan fingerprint density at radius 1 is 1.33 bits per heavy atom. The van der Waals surface area contributed by atoms with Crippen LogP contribution < -0.4 is 0 Å². The van der Waals surface area contributed by atoms with Crippen LogP contribution in [0.4, 0.5) is 0 Å². The van der Waals surface area contributed by atoms with Crippen LogP contribution in [0.15, 0.2) is 0 Å². The molecule has 0 aliphatic rings.